The van der Waals surface area contributed by atoms with Crippen molar-refractivity contribution < 1.29 is 0 Å². The molecule has 0 saturated carbocycles. The van der Waals surface area contributed by atoms with E-state index < -0.39 is 0 Å². The first kappa shape index (κ1) is 10.7. The second-order valence-electron chi connectivity index (χ2n) is 3.44. The smallest absolute Gasteiger partial charge is 0.100 e. The van der Waals surface area contributed by atoms with Crippen LogP contribution in [0.15, 0.2) is 35.7 Å². The molecule has 0 spiro atoms. The quantitative estimate of drug-likeness (QED) is 0.735. The van der Waals surface area contributed by atoms with E-state index in [0.29, 0.717) is 11.8 Å². The average Bonchev–Trinajstić information content (AvgIpc) is 2.78. The Morgan fingerprint density at radius 3 is 2.67 bits per heavy atom. The summed E-state index contributed by atoms with van der Waals surface area (Å²) in [6, 6.07) is 10.4. The van der Waals surface area contributed by atoms with Crippen LogP contribution in [0.3, 0.4) is 0 Å². The van der Waals surface area contributed by atoms with E-state index in [1.165, 1.54) is 5.56 Å². The lowest BCUT2D eigenvalue weighted by Gasteiger charge is -2.07. The molecule has 0 radical (unpaired) electrons. The summed E-state index contributed by atoms with van der Waals surface area (Å²) in [4.78, 5) is 4.49. The van der Waals surface area contributed by atoms with Gasteiger partial charge in [0.15, 0.2) is 0 Å². The molecule has 1 aromatic heterocycles. The van der Waals surface area contributed by atoms with Crippen LogP contribution < -0.4 is 0 Å². The van der Waals surface area contributed by atoms with Crippen LogP contribution in [-0.4, -0.2) is 4.98 Å². The molecule has 0 N–H and O–H groups in total. The number of halogens is 1. The average molecular weight is 238 g/mol. The molecular weight excluding hydrogens is 226 g/mol. The summed E-state index contributed by atoms with van der Waals surface area (Å²) in [7, 11) is 0. The van der Waals surface area contributed by atoms with Crippen LogP contribution in [0.5, 0.6) is 0 Å². The number of nitrogens with zero attached hydrogens (tertiary/aromatic N) is 1. The Kier molecular flexibility index (Phi) is 3.39. The van der Waals surface area contributed by atoms with Crippen molar-refractivity contribution in [3.63, 3.8) is 0 Å². The number of rotatable bonds is 3. The van der Waals surface area contributed by atoms with Gasteiger partial charge in [-0.3, -0.25) is 0 Å². The van der Waals surface area contributed by atoms with Gasteiger partial charge in [-0.05, 0) is 5.56 Å². The first-order valence-electron chi connectivity index (χ1n) is 4.86. The normalized spacial score (nSPS) is 12.7. The van der Waals surface area contributed by atoms with Gasteiger partial charge in [-0.2, -0.15) is 0 Å². The van der Waals surface area contributed by atoms with Crippen LogP contribution in [-0.2, 0) is 5.88 Å². The minimum absolute atomic E-state index is 0.355. The molecule has 2 rings (SSSR count). The molecule has 1 heterocycles. The SMILES string of the molecule is CC(c1ccccc1)c1nc(CCl)cs1. The Morgan fingerprint density at radius 1 is 1.33 bits per heavy atom. The monoisotopic (exact) mass is 237 g/mol. The molecule has 1 unspecified atom stereocenters. The zero-order chi connectivity index (χ0) is 10.7. The molecule has 1 nitrogen and oxygen atoms in total. The zero-order valence-electron chi connectivity index (χ0n) is 8.48. The molecule has 0 aliphatic heterocycles. The summed E-state index contributed by atoms with van der Waals surface area (Å²) in [5.74, 6) is 0.853. The summed E-state index contributed by atoms with van der Waals surface area (Å²) in [5, 5.41) is 3.17. The summed E-state index contributed by atoms with van der Waals surface area (Å²) in [6.45, 7) is 2.17. The summed E-state index contributed by atoms with van der Waals surface area (Å²) in [5.41, 5.74) is 2.27. The second-order valence-corrected chi connectivity index (χ2v) is 4.60. The van der Waals surface area contributed by atoms with Gasteiger partial charge in [0, 0.05) is 11.3 Å². The van der Waals surface area contributed by atoms with E-state index in [1.54, 1.807) is 11.3 Å². The lowest BCUT2D eigenvalue weighted by Crippen LogP contribution is -1.95. The van der Waals surface area contributed by atoms with E-state index in [9.17, 15) is 0 Å². The predicted octanol–water partition coefficient (Wildman–Crippen LogP) is 4.03. The van der Waals surface area contributed by atoms with Crippen molar-refractivity contribution in [2.24, 2.45) is 0 Å². The molecule has 0 aliphatic rings. The molecule has 0 aliphatic carbocycles. The van der Waals surface area contributed by atoms with Crippen LogP contribution in [0.1, 0.15) is 29.1 Å². The molecule has 0 bridgehead atoms. The summed E-state index contributed by atoms with van der Waals surface area (Å²) in [6.07, 6.45) is 0. The molecular formula is C12H12ClNS. The molecule has 3 heteroatoms. The maximum absolute atomic E-state index is 5.74. The first-order chi connectivity index (χ1) is 7.31. The van der Waals surface area contributed by atoms with Gasteiger partial charge in [0.1, 0.15) is 5.01 Å². The third kappa shape index (κ3) is 2.39. The van der Waals surface area contributed by atoms with Gasteiger partial charge in [-0.15, -0.1) is 22.9 Å². The van der Waals surface area contributed by atoms with Gasteiger partial charge < -0.3 is 0 Å². The number of alkyl halides is 1. The maximum Gasteiger partial charge on any atom is 0.100 e. The van der Waals surface area contributed by atoms with Gasteiger partial charge >= 0.3 is 0 Å². The van der Waals surface area contributed by atoms with Crippen molar-refractivity contribution >= 4 is 22.9 Å². The predicted molar refractivity (Wildman–Crippen MR) is 65.6 cm³/mol. The standard InChI is InChI=1S/C12H12ClNS/c1-9(10-5-3-2-4-6-10)12-14-11(7-13)8-15-12/h2-6,8-9H,7H2,1H3. The highest BCUT2D eigenvalue weighted by atomic mass is 35.5. The van der Waals surface area contributed by atoms with Gasteiger partial charge in [0.05, 0.1) is 11.6 Å². The largest absolute Gasteiger partial charge is 0.244 e. The minimum Gasteiger partial charge on any atom is -0.244 e. The zero-order valence-corrected chi connectivity index (χ0v) is 10.1. The number of benzene rings is 1. The number of thiazole rings is 1. The summed E-state index contributed by atoms with van der Waals surface area (Å²) < 4.78 is 0. The maximum atomic E-state index is 5.74. The molecule has 0 fully saturated rings. The van der Waals surface area contributed by atoms with E-state index >= 15 is 0 Å². The van der Waals surface area contributed by atoms with E-state index in [4.69, 9.17) is 11.6 Å². The second kappa shape index (κ2) is 4.77. The van der Waals surface area contributed by atoms with Crippen molar-refractivity contribution in [1.82, 2.24) is 4.98 Å². The van der Waals surface area contributed by atoms with Crippen molar-refractivity contribution in [3.05, 3.63) is 52.0 Å². The molecule has 15 heavy (non-hydrogen) atoms. The Balaban J connectivity index is 2.24. The van der Waals surface area contributed by atoms with E-state index in [-0.39, 0.29) is 0 Å². The van der Waals surface area contributed by atoms with Crippen molar-refractivity contribution in [2.75, 3.05) is 0 Å². The van der Waals surface area contributed by atoms with E-state index in [0.717, 1.165) is 10.7 Å². The Hall–Kier alpha value is -0.860. The number of aromatic nitrogens is 1. The third-order valence-corrected chi connectivity index (χ3v) is 3.73. The third-order valence-electron chi connectivity index (χ3n) is 2.38. The van der Waals surface area contributed by atoms with Gasteiger partial charge in [0.2, 0.25) is 0 Å². The highest BCUT2D eigenvalue weighted by Crippen LogP contribution is 2.26. The highest BCUT2D eigenvalue weighted by molar-refractivity contribution is 7.09. The van der Waals surface area contributed by atoms with Gasteiger partial charge in [0.25, 0.3) is 0 Å². The summed E-state index contributed by atoms with van der Waals surface area (Å²) >= 11 is 7.42. The Bertz CT molecular complexity index is 424. The molecule has 0 amide bonds. The number of hydrogen-bond acceptors (Lipinski definition) is 2. The fourth-order valence-corrected chi connectivity index (χ4v) is 2.60. The Morgan fingerprint density at radius 2 is 2.07 bits per heavy atom. The fourth-order valence-electron chi connectivity index (χ4n) is 1.47. The van der Waals surface area contributed by atoms with Crippen LogP contribution in [0.25, 0.3) is 0 Å². The van der Waals surface area contributed by atoms with Crippen LogP contribution in [0.2, 0.25) is 0 Å². The highest BCUT2D eigenvalue weighted by Gasteiger charge is 2.11. The molecule has 78 valence electrons. The molecule has 0 saturated heterocycles. The van der Waals surface area contributed by atoms with Crippen molar-refractivity contribution in [3.8, 4) is 0 Å². The topological polar surface area (TPSA) is 12.9 Å². The van der Waals surface area contributed by atoms with Crippen LogP contribution in [0, 0.1) is 0 Å². The molecule has 1 aromatic carbocycles. The van der Waals surface area contributed by atoms with Crippen molar-refractivity contribution in [1.29, 1.82) is 0 Å². The van der Waals surface area contributed by atoms with E-state index in [2.05, 4.69) is 36.2 Å². The molecule has 2 aromatic rings. The lowest BCUT2D eigenvalue weighted by atomic mass is 10.0. The van der Waals surface area contributed by atoms with E-state index in [1.807, 2.05) is 11.4 Å². The van der Waals surface area contributed by atoms with Gasteiger partial charge in [-0.1, -0.05) is 37.3 Å². The van der Waals surface area contributed by atoms with Crippen LogP contribution >= 0.6 is 22.9 Å². The number of hydrogen-bond donors (Lipinski definition) is 0. The van der Waals surface area contributed by atoms with Crippen molar-refractivity contribution in [2.45, 2.75) is 18.7 Å². The van der Waals surface area contributed by atoms with Crippen LogP contribution in [0.4, 0.5) is 0 Å². The first-order valence-corrected chi connectivity index (χ1v) is 6.28. The minimum atomic E-state index is 0.355. The van der Waals surface area contributed by atoms with Gasteiger partial charge in [-0.25, -0.2) is 4.98 Å². The molecule has 1 atom stereocenters. The Labute approximate surface area is 98.7 Å². The lowest BCUT2D eigenvalue weighted by molar-refractivity contribution is 0.896. The fraction of sp³-hybridized carbons (Fsp3) is 0.250.